The number of hydrogen-bond acceptors (Lipinski definition) is 1. The fraction of sp³-hybridized carbons (Fsp3) is 0.455. The molecule has 0 radical (unpaired) electrons. The number of rotatable bonds is 1. The molecule has 1 atom stereocenters. The van der Waals surface area contributed by atoms with E-state index >= 15 is 0 Å². The van der Waals surface area contributed by atoms with Crippen molar-refractivity contribution in [3.63, 3.8) is 0 Å². The first kappa shape index (κ1) is 16.1. The van der Waals surface area contributed by atoms with E-state index in [4.69, 9.17) is 0 Å². The number of benzene rings is 1. The van der Waals surface area contributed by atoms with Crippen LogP contribution >= 0.6 is 12.4 Å². The molecule has 1 heterocycles. The molecule has 1 nitrogen and oxygen atoms in total. The summed E-state index contributed by atoms with van der Waals surface area (Å²) in [4.78, 5) is 0. The van der Waals surface area contributed by atoms with Crippen molar-refractivity contribution >= 4 is 12.4 Å². The maximum absolute atomic E-state index is 12.7. The summed E-state index contributed by atoms with van der Waals surface area (Å²) in [5, 5.41) is 2.75. The Balaban J connectivity index is 0.00000180. The molecule has 19 heavy (non-hydrogen) atoms. The number of nitrogens with one attached hydrogen (secondary N) is 1. The molecule has 1 aliphatic rings. The molecule has 0 spiro atoms. The van der Waals surface area contributed by atoms with Crippen LogP contribution in [-0.2, 0) is 12.4 Å². The molecule has 0 saturated carbocycles. The molecule has 0 aliphatic carbocycles. The van der Waals surface area contributed by atoms with Crippen molar-refractivity contribution in [1.82, 2.24) is 5.32 Å². The second-order valence-corrected chi connectivity index (χ2v) is 4.09. The van der Waals surface area contributed by atoms with E-state index in [1.165, 1.54) is 0 Å². The van der Waals surface area contributed by atoms with Gasteiger partial charge in [-0.25, -0.2) is 0 Å². The van der Waals surface area contributed by atoms with Gasteiger partial charge in [0.15, 0.2) is 0 Å². The lowest BCUT2D eigenvalue weighted by atomic mass is 9.92. The molecule has 1 aliphatic heterocycles. The zero-order valence-electron chi connectivity index (χ0n) is 9.40. The van der Waals surface area contributed by atoms with Crippen LogP contribution in [-0.4, -0.2) is 6.54 Å². The first-order chi connectivity index (χ1) is 8.19. The monoisotopic (exact) mass is 305 g/mol. The Morgan fingerprint density at radius 2 is 1.58 bits per heavy atom. The zero-order chi connectivity index (χ0) is 13.6. The van der Waals surface area contributed by atoms with Crippen LogP contribution in [0.5, 0.6) is 0 Å². The largest absolute Gasteiger partial charge is 0.416 e. The Kier molecular flexibility index (Phi) is 4.41. The van der Waals surface area contributed by atoms with E-state index in [-0.39, 0.29) is 24.0 Å². The lowest BCUT2D eigenvalue weighted by Crippen LogP contribution is -2.36. The van der Waals surface area contributed by atoms with E-state index < -0.39 is 29.5 Å². The topological polar surface area (TPSA) is 12.0 Å². The molecule has 8 heteroatoms. The minimum atomic E-state index is -4.78. The number of alkyl halides is 6. The molecule has 2 rings (SSSR count). The van der Waals surface area contributed by atoms with E-state index in [0.717, 1.165) is 6.07 Å². The lowest BCUT2D eigenvalue weighted by molar-refractivity contribution is -0.143. The Labute approximate surface area is 111 Å². The third-order valence-electron chi connectivity index (χ3n) is 2.89. The van der Waals surface area contributed by atoms with Crippen molar-refractivity contribution in [2.45, 2.75) is 24.8 Å². The molecule has 0 unspecified atom stereocenters. The maximum atomic E-state index is 12.7. The third-order valence-corrected chi connectivity index (χ3v) is 2.89. The normalized spacial score (nSPS) is 19.6. The summed E-state index contributed by atoms with van der Waals surface area (Å²) < 4.78 is 75.4. The number of hydrogen-bond donors (Lipinski definition) is 1. The minimum Gasteiger partial charge on any atom is -0.310 e. The second kappa shape index (κ2) is 5.20. The molecule has 0 bridgehead atoms. The Morgan fingerprint density at radius 1 is 1.00 bits per heavy atom. The highest BCUT2D eigenvalue weighted by atomic mass is 35.5. The van der Waals surface area contributed by atoms with E-state index in [9.17, 15) is 26.3 Å². The summed E-state index contributed by atoms with van der Waals surface area (Å²) >= 11 is 0. The van der Waals surface area contributed by atoms with Gasteiger partial charge in [-0.1, -0.05) is 6.07 Å². The summed E-state index contributed by atoms with van der Waals surface area (Å²) in [5.74, 6) is 0. The molecule has 0 aromatic heterocycles. The van der Waals surface area contributed by atoms with E-state index in [1.54, 1.807) is 0 Å². The van der Waals surface area contributed by atoms with Crippen LogP contribution < -0.4 is 5.32 Å². The van der Waals surface area contributed by atoms with Crippen molar-refractivity contribution in [3.8, 4) is 0 Å². The van der Waals surface area contributed by atoms with Gasteiger partial charge in [0.1, 0.15) is 0 Å². The summed E-state index contributed by atoms with van der Waals surface area (Å²) in [6.07, 6.45) is -9.06. The highest BCUT2D eigenvalue weighted by Gasteiger charge is 2.40. The Morgan fingerprint density at radius 3 is 1.95 bits per heavy atom. The average molecular weight is 306 g/mol. The first-order valence-electron chi connectivity index (χ1n) is 5.21. The van der Waals surface area contributed by atoms with Crippen molar-refractivity contribution in [3.05, 3.63) is 34.9 Å². The van der Waals surface area contributed by atoms with Crippen molar-refractivity contribution in [1.29, 1.82) is 0 Å². The quantitative estimate of drug-likeness (QED) is 0.768. The average Bonchev–Trinajstić information content (AvgIpc) is 2.11. The fourth-order valence-electron chi connectivity index (χ4n) is 1.84. The van der Waals surface area contributed by atoms with Gasteiger partial charge in [0, 0.05) is 6.04 Å². The third kappa shape index (κ3) is 3.33. The van der Waals surface area contributed by atoms with Gasteiger partial charge in [0.25, 0.3) is 0 Å². The van der Waals surface area contributed by atoms with Crippen molar-refractivity contribution in [2.75, 3.05) is 6.54 Å². The SMILES string of the molecule is Cl.FC(F)(F)c1ccc([C@@H]2CCN2)c(C(F)(F)F)c1. The van der Waals surface area contributed by atoms with E-state index in [0.29, 0.717) is 19.0 Å². The molecule has 0 amide bonds. The molecule has 1 fully saturated rings. The Bertz CT molecular complexity index is 449. The summed E-state index contributed by atoms with van der Waals surface area (Å²) in [6.45, 7) is 0.572. The fourth-order valence-corrected chi connectivity index (χ4v) is 1.84. The van der Waals surface area contributed by atoms with Gasteiger partial charge < -0.3 is 5.32 Å². The summed E-state index contributed by atoms with van der Waals surface area (Å²) in [6, 6.07) is 1.26. The standard InChI is InChI=1S/C11H9F6N.ClH/c12-10(13,14)6-1-2-7(9-3-4-18-9)8(5-6)11(15,16)17;/h1-2,5,9,18H,3-4H2;1H/t9-;/m0./s1. The van der Waals surface area contributed by atoms with Crippen LogP contribution in [0.4, 0.5) is 26.3 Å². The van der Waals surface area contributed by atoms with Gasteiger partial charge in [0.05, 0.1) is 11.1 Å². The minimum absolute atomic E-state index is 0. The van der Waals surface area contributed by atoms with Gasteiger partial charge in [-0.2, -0.15) is 26.3 Å². The molecule has 108 valence electrons. The highest BCUT2D eigenvalue weighted by molar-refractivity contribution is 5.85. The Hall–Kier alpha value is -0.950. The van der Waals surface area contributed by atoms with E-state index in [1.807, 2.05) is 0 Å². The molecule has 1 aromatic rings. The van der Waals surface area contributed by atoms with Crippen LogP contribution in [0.15, 0.2) is 18.2 Å². The molecule has 1 aromatic carbocycles. The first-order valence-corrected chi connectivity index (χ1v) is 5.21. The van der Waals surface area contributed by atoms with Crippen molar-refractivity contribution < 1.29 is 26.3 Å². The summed E-state index contributed by atoms with van der Waals surface area (Å²) in [7, 11) is 0. The second-order valence-electron chi connectivity index (χ2n) is 4.09. The summed E-state index contributed by atoms with van der Waals surface area (Å²) in [5.41, 5.74) is -2.62. The highest BCUT2D eigenvalue weighted by Crippen LogP contribution is 2.40. The molecule has 1 N–H and O–H groups in total. The predicted molar refractivity (Wildman–Crippen MR) is 59.1 cm³/mol. The van der Waals surface area contributed by atoms with Crippen LogP contribution in [0, 0.1) is 0 Å². The van der Waals surface area contributed by atoms with Gasteiger partial charge in [0.2, 0.25) is 0 Å². The number of halogens is 7. The smallest absolute Gasteiger partial charge is 0.310 e. The molecule has 1 saturated heterocycles. The van der Waals surface area contributed by atoms with Crippen LogP contribution in [0.25, 0.3) is 0 Å². The van der Waals surface area contributed by atoms with Crippen LogP contribution in [0.1, 0.15) is 29.2 Å². The molecular formula is C11H10ClF6N. The van der Waals surface area contributed by atoms with Crippen LogP contribution in [0.2, 0.25) is 0 Å². The molecular weight excluding hydrogens is 296 g/mol. The van der Waals surface area contributed by atoms with Gasteiger partial charge in [-0.3, -0.25) is 0 Å². The maximum Gasteiger partial charge on any atom is 0.416 e. The predicted octanol–water partition coefficient (Wildman–Crippen LogP) is 4.18. The van der Waals surface area contributed by atoms with Crippen LogP contribution in [0.3, 0.4) is 0 Å². The lowest BCUT2D eigenvalue weighted by Gasteiger charge is -2.30. The van der Waals surface area contributed by atoms with Gasteiger partial charge in [-0.05, 0) is 30.7 Å². The van der Waals surface area contributed by atoms with E-state index in [2.05, 4.69) is 5.32 Å². The van der Waals surface area contributed by atoms with Gasteiger partial charge >= 0.3 is 12.4 Å². The zero-order valence-corrected chi connectivity index (χ0v) is 10.2. The van der Waals surface area contributed by atoms with Gasteiger partial charge in [-0.15, -0.1) is 12.4 Å². The van der Waals surface area contributed by atoms with Crippen molar-refractivity contribution in [2.24, 2.45) is 0 Å².